The molecule has 0 bridgehead atoms. The van der Waals surface area contributed by atoms with Crippen molar-refractivity contribution in [3.8, 4) is 11.5 Å². The Morgan fingerprint density at radius 3 is 2.71 bits per heavy atom. The molecule has 2 aromatic carbocycles. The van der Waals surface area contributed by atoms with Crippen molar-refractivity contribution in [2.75, 3.05) is 5.32 Å². The fourth-order valence-electron chi connectivity index (χ4n) is 2.65. The van der Waals surface area contributed by atoms with Crippen LogP contribution in [0.4, 0.5) is 5.69 Å². The highest BCUT2D eigenvalue weighted by Gasteiger charge is 2.15. The Balaban J connectivity index is 1.88. The van der Waals surface area contributed by atoms with Crippen LogP contribution in [-0.2, 0) is 4.79 Å². The van der Waals surface area contributed by atoms with Gasteiger partial charge in [-0.3, -0.25) is 4.79 Å². The molecule has 4 nitrogen and oxygen atoms in total. The molecular weight excluding hydrogens is 324 g/mol. The first-order valence-corrected chi connectivity index (χ1v) is 8.46. The van der Waals surface area contributed by atoms with Gasteiger partial charge in [-0.1, -0.05) is 31.5 Å². The maximum atomic E-state index is 12.2. The van der Waals surface area contributed by atoms with Gasteiger partial charge in [0.15, 0.2) is 5.58 Å². The van der Waals surface area contributed by atoms with E-state index in [1.54, 1.807) is 12.1 Å². The van der Waals surface area contributed by atoms with Gasteiger partial charge in [0.05, 0.1) is 0 Å². The molecular formula is C19H19ClN2O2. The van der Waals surface area contributed by atoms with Crippen LogP contribution in [0, 0.1) is 5.92 Å². The molecule has 0 saturated heterocycles. The molecule has 0 fully saturated rings. The summed E-state index contributed by atoms with van der Waals surface area (Å²) in [6.45, 7) is 4.04. The van der Waals surface area contributed by atoms with Crippen LogP contribution in [0.3, 0.4) is 0 Å². The smallest absolute Gasteiger partial charge is 0.227 e. The number of nitrogens with one attached hydrogen (secondary N) is 1. The topological polar surface area (TPSA) is 55.1 Å². The van der Waals surface area contributed by atoms with Crippen molar-refractivity contribution in [2.24, 2.45) is 5.92 Å². The molecule has 0 aliphatic carbocycles. The summed E-state index contributed by atoms with van der Waals surface area (Å²) in [5.74, 6) is 0.572. The molecule has 0 aliphatic heterocycles. The zero-order valence-corrected chi connectivity index (χ0v) is 14.4. The lowest BCUT2D eigenvalue weighted by Gasteiger charge is -2.12. The third-order valence-electron chi connectivity index (χ3n) is 4.08. The highest BCUT2D eigenvalue weighted by Crippen LogP contribution is 2.28. The van der Waals surface area contributed by atoms with E-state index in [1.165, 1.54) is 0 Å². The van der Waals surface area contributed by atoms with E-state index in [2.05, 4.69) is 10.3 Å². The zero-order chi connectivity index (χ0) is 17.1. The number of aromatic nitrogens is 1. The van der Waals surface area contributed by atoms with Crippen LogP contribution >= 0.6 is 11.6 Å². The number of hydrogen-bond acceptors (Lipinski definition) is 3. The van der Waals surface area contributed by atoms with Crippen LogP contribution in [0.25, 0.3) is 22.6 Å². The molecule has 0 spiro atoms. The van der Waals surface area contributed by atoms with Crippen molar-refractivity contribution in [3.05, 3.63) is 47.5 Å². The number of fused-ring (bicyclic) bond motifs is 1. The number of halogens is 1. The van der Waals surface area contributed by atoms with Gasteiger partial charge in [-0.05, 0) is 43.2 Å². The van der Waals surface area contributed by atoms with Gasteiger partial charge >= 0.3 is 0 Å². The molecule has 1 N–H and O–H groups in total. The monoisotopic (exact) mass is 342 g/mol. The van der Waals surface area contributed by atoms with Gasteiger partial charge < -0.3 is 9.73 Å². The minimum atomic E-state index is 0.0254. The van der Waals surface area contributed by atoms with Gasteiger partial charge in [0, 0.05) is 28.3 Å². The number of anilines is 1. The third kappa shape index (κ3) is 3.44. The average Bonchev–Trinajstić information content (AvgIpc) is 2.99. The van der Waals surface area contributed by atoms with Gasteiger partial charge in [-0.25, -0.2) is 4.98 Å². The Morgan fingerprint density at radius 2 is 2.00 bits per heavy atom. The molecule has 3 aromatic rings. The molecule has 5 heteroatoms. The maximum absolute atomic E-state index is 12.2. The fourth-order valence-corrected chi connectivity index (χ4v) is 2.84. The Kier molecular flexibility index (Phi) is 4.86. The van der Waals surface area contributed by atoms with E-state index in [-0.39, 0.29) is 11.8 Å². The lowest BCUT2D eigenvalue weighted by molar-refractivity contribution is -0.120. The van der Waals surface area contributed by atoms with E-state index in [0.29, 0.717) is 22.2 Å². The van der Waals surface area contributed by atoms with Crippen LogP contribution < -0.4 is 5.32 Å². The maximum Gasteiger partial charge on any atom is 0.227 e. The van der Waals surface area contributed by atoms with E-state index in [0.717, 1.165) is 23.9 Å². The SMILES string of the molecule is CCC(CC)C(=O)Nc1ccc2nc(-c3cccc(Cl)c3)oc2c1. The van der Waals surface area contributed by atoms with E-state index in [4.69, 9.17) is 16.0 Å². The summed E-state index contributed by atoms with van der Waals surface area (Å²) in [5, 5.41) is 3.58. The normalized spacial score (nSPS) is 11.2. The molecule has 1 amide bonds. The first-order valence-electron chi connectivity index (χ1n) is 8.08. The summed E-state index contributed by atoms with van der Waals surface area (Å²) in [4.78, 5) is 16.7. The van der Waals surface area contributed by atoms with Gasteiger partial charge in [0.25, 0.3) is 0 Å². The molecule has 0 radical (unpaired) electrons. The molecule has 0 aliphatic rings. The predicted molar refractivity (Wildman–Crippen MR) is 97.2 cm³/mol. The Labute approximate surface area is 145 Å². The number of oxazole rings is 1. The molecule has 0 atom stereocenters. The van der Waals surface area contributed by atoms with E-state index < -0.39 is 0 Å². The third-order valence-corrected chi connectivity index (χ3v) is 4.32. The summed E-state index contributed by atoms with van der Waals surface area (Å²) in [6.07, 6.45) is 1.65. The van der Waals surface area contributed by atoms with E-state index in [9.17, 15) is 4.79 Å². The fraction of sp³-hybridized carbons (Fsp3) is 0.263. The summed E-state index contributed by atoms with van der Waals surface area (Å²) < 4.78 is 5.82. The summed E-state index contributed by atoms with van der Waals surface area (Å²) in [6, 6.07) is 12.8. The second kappa shape index (κ2) is 7.05. The lowest BCUT2D eigenvalue weighted by Crippen LogP contribution is -2.21. The molecule has 24 heavy (non-hydrogen) atoms. The minimum absolute atomic E-state index is 0.0254. The summed E-state index contributed by atoms with van der Waals surface area (Å²) >= 11 is 6.02. The van der Waals surface area contributed by atoms with Crippen LogP contribution in [-0.4, -0.2) is 10.9 Å². The number of hydrogen-bond donors (Lipinski definition) is 1. The molecule has 124 valence electrons. The number of carbonyl (C=O) groups is 1. The second-order valence-electron chi connectivity index (χ2n) is 5.71. The van der Waals surface area contributed by atoms with Crippen LogP contribution in [0.15, 0.2) is 46.9 Å². The zero-order valence-electron chi connectivity index (χ0n) is 13.7. The summed E-state index contributed by atoms with van der Waals surface area (Å²) in [7, 11) is 0. The van der Waals surface area contributed by atoms with Crippen molar-refractivity contribution in [3.63, 3.8) is 0 Å². The average molecular weight is 343 g/mol. The first kappa shape index (κ1) is 16.5. The largest absolute Gasteiger partial charge is 0.436 e. The number of benzene rings is 2. The quantitative estimate of drug-likeness (QED) is 0.663. The van der Waals surface area contributed by atoms with Crippen molar-refractivity contribution < 1.29 is 9.21 Å². The van der Waals surface area contributed by atoms with Gasteiger partial charge in [0.2, 0.25) is 11.8 Å². The van der Waals surface area contributed by atoms with Crippen molar-refractivity contribution in [1.82, 2.24) is 4.98 Å². The molecule has 1 heterocycles. The number of nitrogens with zero attached hydrogens (tertiary/aromatic N) is 1. The van der Waals surface area contributed by atoms with Crippen LogP contribution in [0.5, 0.6) is 0 Å². The molecule has 1 aromatic heterocycles. The van der Waals surface area contributed by atoms with E-state index >= 15 is 0 Å². The number of rotatable bonds is 5. The van der Waals surface area contributed by atoms with E-state index in [1.807, 2.05) is 44.2 Å². The van der Waals surface area contributed by atoms with Crippen LogP contribution in [0.2, 0.25) is 5.02 Å². The second-order valence-corrected chi connectivity index (χ2v) is 6.15. The molecule has 0 unspecified atom stereocenters. The van der Waals surface area contributed by atoms with Crippen LogP contribution in [0.1, 0.15) is 26.7 Å². The van der Waals surface area contributed by atoms with Gasteiger partial charge in [-0.2, -0.15) is 0 Å². The standard InChI is InChI=1S/C19H19ClN2O2/c1-3-12(4-2)18(23)21-15-8-9-16-17(11-15)24-19(22-16)13-6-5-7-14(20)10-13/h5-12H,3-4H2,1-2H3,(H,21,23). The van der Waals surface area contributed by atoms with Crippen molar-refractivity contribution in [1.29, 1.82) is 0 Å². The van der Waals surface area contributed by atoms with Crippen molar-refractivity contribution >= 4 is 34.3 Å². The highest BCUT2D eigenvalue weighted by molar-refractivity contribution is 6.30. The van der Waals surface area contributed by atoms with Crippen molar-refractivity contribution in [2.45, 2.75) is 26.7 Å². The lowest BCUT2D eigenvalue weighted by atomic mass is 10.0. The predicted octanol–water partition coefficient (Wildman–Crippen LogP) is 5.52. The molecule has 3 rings (SSSR count). The van der Waals surface area contributed by atoms with Gasteiger partial charge in [-0.15, -0.1) is 0 Å². The Bertz CT molecular complexity index is 869. The first-order chi connectivity index (χ1) is 11.6. The Hall–Kier alpha value is -2.33. The molecule has 0 saturated carbocycles. The highest BCUT2D eigenvalue weighted by atomic mass is 35.5. The number of carbonyl (C=O) groups excluding carboxylic acids is 1. The number of amides is 1. The van der Waals surface area contributed by atoms with Gasteiger partial charge in [0.1, 0.15) is 5.52 Å². The Morgan fingerprint density at radius 1 is 1.21 bits per heavy atom. The minimum Gasteiger partial charge on any atom is -0.436 e. The summed E-state index contributed by atoms with van der Waals surface area (Å²) in [5.41, 5.74) is 2.91.